The smallest absolute Gasteiger partial charge is 0.247 e. The summed E-state index contributed by atoms with van der Waals surface area (Å²) in [5.74, 6) is -0.116. The number of amides is 1. The number of rotatable bonds is 2. The third-order valence-electron chi connectivity index (χ3n) is 5.01. The number of nitrogens with zero attached hydrogens (tertiary/aromatic N) is 2. The molecule has 1 aliphatic rings. The summed E-state index contributed by atoms with van der Waals surface area (Å²) >= 11 is 6.30. The van der Waals surface area contributed by atoms with Crippen LogP contribution in [0.5, 0.6) is 0 Å². The lowest BCUT2D eigenvalue weighted by atomic mass is 9.98. The summed E-state index contributed by atoms with van der Waals surface area (Å²) in [4.78, 5) is 22.5. The Hall–Kier alpha value is -2.15. The van der Waals surface area contributed by atoms with Crippen molar-refractivity contribution in [1.29, 1.82) is 0 Å². The monoisotopic (exact) mass is 358 g/mol. The van der Waals surface area contributed by atoms with Crippen LogP contribution in [-0.2, 0) is 9.53 Å². The molecule has 130 valence electrons. The number of hydrogen-bond acceptors (Lipinski definition) is 4. The highest BCUT2D eigenvalue weighted by molar-refractivity contribution is 6.33. The van der Waals surface area contributed by atoms with Gasteiger partial charge in [-0.05, 0) is 32.2 Å². The molecular formula is C18H19ClN4O2. The molecule has 7 heteroatoms. The lowest BCUT2D eigenvalue weighted by Crippen LogP contribution is -2.59. The zero-order valence-corrected chi connectivity index (χ0v) is 14.9. The molecule has 2 N–H and O–H groups in total. The molecule has 1 saturated heterocycles. The second-order valence-corrected chi connectivity index (χ2v) is 7.06. The van der Waals surface area contributed by atoms with Crippen LogP contribution in [0.4, 0.5) is 5.69 Å². The summed E-state index contributed by atoms with van der Waals surface area (Å²) < 4.78 is 5.53. The summed E-state index contributed by atoms with van der Waals surface area (Å²) in [5.41, 5.74) is 1.67. The fourth-order valence-corrected chi connectivity index (χ4v) is 3.46. The molecule has 0 saturated carbocycles. The van der Waals surface area contributed by atoms with Crippen LogP contribution >= 0.6 is 11.6 Å². The molecule has 4 rings (SSSR count). The number of nitrogens with one attached hydrogen (secondary N) is 2. The van der Waals surface area contributed by atoms with Gasteiger partial charge in [0.25, 0.3) is 0 Å². The van der Waals surface area contributed by atoms with E-state index in [9.17, 15) is 4.79 Å². The molecule has 6 nitrogen and oxygen atoms in total. The number of pyridine rings is 1. The number of aromatic amines is 1. The Morgan fingerprint density at radius 2 is 2.28 bits per heavy atom. The minimum atomic E-state index is -0.722. The molecule has 1 atom stereocenters. The molecule has 0 aliphatic carbocycles. The van der Waals surface area contributed by atoms with E-state index in [1.807, 2.05) is 31.0 Å². The summed E-state index contributed by atoms with van der Waals surface area (Å²) in [6.45, 7) is 3.59. The molecule has 0 radical (unpaired) electrons. The summed E-state index contributed by atoms with van der Waals surface area (Å²) in [6, 6.07) is 5.58. The highest BCUT2D eigenvalue weighted by atomic mass is 35.5. The van der Waals surface area contributed by atoms with Crippen LogP contribution in [0.25, 0.3) is 21.8 Å². The molecule has 0 bridgehead atoms. The van der Waals surface area contributed by atoms with Crippen LogP contribution < -0.4 is 5.32 Å². The SMILES string of the molecule is CN1CCOCC1(C)C(=O)Nc1cc(Cl)cc2c1[nH]c1cnccc12. The molecule has 25 heavy (non-hydrogen) atoms. The number of morpholine rings is 1. The second-order valence-electron chi connectivity index (χ2n) is 6.62. The fraction of sp³-hybridized carbons (Fsp3) is 0.333. The highest BCUT2D eigenvalue weighted by Gasteiger charge is 2.40. The number of likely N-dealkylation sites (N-methyl/N-ethyl adjacent to an activating group) is 1. The number of aromatic nitrogens is 2. The third kappa shape index (κ3) is 2.66. The van der Waals surface area contributed by atoms with Crippen molar-refractivity contribution >= 4 is 45.0 Å². The maximum absolute atomic E-state index is 13.0. The van der Waals surface area contributed by atoms with Gasteiger partial charge in [0.05, 0.1) is 36.1 Å². The number of H-pyrrole nitrogens is 1. The highest BCUT2D eigenvalue weighted by Crippen LogP contribution is 2.34. The standard InChI is InChI=1S/C18H19ClN4O2/c1-18(10-25-6-5-23(18)2)17(24)22-14-8-11(19)7-13-12-3-4-20-9-15(12)21-16(13)14/h3-4,7-9,21H,5-6,10H2,1-2H3,(H,22,24). The van der Waals surface area contributed by atoms with Gasteiger partial charge in [-0.25, -0.2) is 0 Å². The number of carbonyl (C=O) groups is 1. The van der Waals surface area contributed by atoms with Crippen molar-refractivity contribution in [3.05, 3.63) is 35.6 Å². The van der Waals surface area contributed by atoms with Crippen molar-refractivity contribution in [3.63, 3.8) is 0 Å². The van der Waals surface area contributed by atoms with Crippen LogP contribution in [0.3, 0.4) is 0 Å². The Labute approximate surface area is 150 Å². The van der Waals surface area contributed by atoms with Crippen LogP contribution in [0.2, 0.25) is 5.02 Å². The van der Waals surface area contributed by atoms with Gasteiger partial charge < -0.3 is 15.0 Å². The molecule has 1 amide bonds. The van der Waals surface area contributed by atoms with Gasteiger partial charge in [0.15, 0.2) is 0 Å². The van der Waals surface area contributed by atoms with Crippen molar-refractivity contribution in [2.45, 2.75) is 12.5 Å². The van der Waals surface area contributed by atoms with Crippen LogP contribution in [0.1, 0.15) is 6.92 Å². The normalized spacial score (nSPS) is 21.7. The fourth-order valence-electron chi connectivity index (χ4n) is 3.24. The minimum Gasteiger partial charge on any atom is -0.378 e. The molecule has 3 heterocycles. The third-order valence-corrected chi connectivity index (χ3v) is 5.23. The zero-order chi connectivity index (χ0) is 17.6. The second kappa shape index (κ2) is 5.98. The van der Waals surface area contributed by atoms with Gasteiger partial charge in [0.1, 0.15) is 5.54 Å². The summed E-state index contributed by atoms with van der Waals surface area (Å²) in [5, 5.41) is 5.58. The van der Waals surface area contributed by atoms with Gasteiger partial charge >= 0.3 is 0 Å². The predicted molar refractivity (Wildman–Crippen MR) is 99.1 cm³/mol. The van der Waals surface area contributed by atoms with Crippen molar-refractivity contribution < 1.29 is 9.53 Å². The topological polar surface area (TPSA) is 70.2 Å². The number of anilines is 1. The Kier molecular flexibility index (Phi) is 3.91. The first kappa shape index (κ1) is 16.3. The van der Waals surface area contributed by atoms with Crippen molar-refractivity contribution in [1.82, 2.24) is 14.9 Å². The van der Waals surface area contributed by atoms with Crippen LogP contribution in [0.15, 0.2) is 30.6 Å². The number of hydrogen-bond donors (Lipinski definition) is 2. The molecule has 0 spiro atoms. The van der Waals surface area contributed by atoms with E-state index in [1.54, 1.807) is 18.5 Å². The van der Waals surface area contributed by atoms with E-state index in [0.717, 1.165) is 21.8 Å². The van der Waals surface area contributed by atoms with Gasteiger partial charge in [-0.1, -0.05) is 11.6 Å². The van der Waals surface area contributed by atoms with E-state index in [4.69, 9.17) is 16.3 Å². The first-order chi connectivity index (χ1) is 12.0. The van der Waals surface area contributed by atoms with E-state index >= 15 is 0 Å². The minimum absolute atomic E-state index is 0.116. The number of carbonyl (C=O) groups excluding carboxylic acids is 1. The maximum atomic E-state index is 13.0. The quantitative estimate of drug-likeness (QED) is 0.738. The first-order valence-corrected chi connectivity index (χ1v) is 8.52. The Bertz CT molecular complexity index is 970. The molecule has 1 fully saturated rings. The molecule has 1 aromatic carbocycles. The van der Waals surface area contributed by atoms with E-state index < -0.39 is 5.54 Å². The van der Waals surface area contributed by atoms with Crippen LogP contribution in [0, 0.1) is 0 Å². The average molecular weight is 359 g/mol. The van der Waals surface area contributed by atoms with E-state index in [2.05, 4.69) is 15.3 Å². The number of halogens is 1. The summed E-state index contributed by atoms with van der Waals surface area (Å²) in [6.07, 6.45) is 3.50. The average Bonchev–Trinajstić information content (AvgIpc) is 2.96. The van der Waals surface area contributed by atoms with Crippen molar-refractivity contribution in [3.8, 4) is 0 Å². The summed E-state index contributed by atoms with van der Waals surface area (Å²) in [7, 11) is 1.93. The largest absolute Gasteiger partial charge is 0.378 e. The predicted octanol–water partition coefficient (Wildman–Crippen LogP) is 3.03. The van der Waals surface area contributed by atoms with E-state index in [-0.39, 0.29) is 5.91 Å². The van der Waals surface area contributed by atoms with Gasteiger partial charge in [-0.15, -0.1) is 0 Å². The maximum Gasteiger partial charge on any atom is 0.247 e. The lowest BCUT2D eigenvalue weighted by molar-refractivity contribution is -0.136. The number of fused-ring (bicyclic) bond motifs is 3. The number of ether oxygens (including phenoxy) is 1. The van der Waals surface area contributed by atoms with Gasteiger partial charge in [-0.3, -0.25) is 14.7 Å². The zero-order valence-electron chi connectivity index (χ0n) is 14.1. The van der Waals surface area contributed by atoms with Gasteiger partial charge in [0, 0.05) is 28.5 Å². The lowest BCUT2D eigenvalue weighted by Gasteiger charge is -2.40. The van der Waals surface area contributed by atoms with Gasteiger partial charge in [0.2, 0.25) is 5.91 Å². The van der Waals surface area contributed by atoms with Crippen molar-refractivity contribution in [2.75, 3.05) is 32.1 Å². The molecule has 3 aromatic rings. The Morgan fingerprint density at radius 1 is 1.44 bits per heavy atom. The molecule has 1 aliphatic heterocycles. The molecular weight excluding hydrogens is 340 g/mol. The number of benzene rings is 1. The molecule has 2 aromatic heterocycles. The molecule has 1 unspecified atom stereocenters. The van der Waals surface area contributed by atoms with E-state index in [0.29, 0.717) is 30.5 Å². The van der Waals surface area contributed by atoms with Crippen LogP contribution in [-0.4, -0.2) is 53.1 Å². The van der Waals surface area contributed by atoms with Gasteiger partial charge in [-0.2, -0.15) is 0 Å². The van der Waals surface area contributed by atoms with E-state index in [1.165, 1.54) is 0 Å². The first-order valence-electron chi connectivity index (χ1n) is 8.14. The Morgan fingerprint density at radius 3 is 3.08 bits per heavy atom. The Balaban J connectivity index is 1.77. The van der Waals surface area contributed by atoms with Crippen molar-refractivity contribution in [2.24, 2.45) is 0 Å².